The number of rotatable bonds is 8. The highest BCUT2D eigenvalue weighted by molar-refractivity contribution is 6.05. The van der Waals surface area contributed by atoms with E-state index in [2.05, 4.69) is 5.32 Å². The molecule has 0 unspecified atom stereocenters. The minimum atomic E-state index is -0.820. The summed E-state index contributed by atoms with van der Waals surface area (Å²) in [6.07, 6.45) is 1.82. The monoisotopic (exact) mass is 470 g/mol. The second-order valence-electron chi connectivity index (χ2n) is 8.44. The summed E-state index contributed by atoms with van der Waals surface area (Å²) in [6.45, 7) is 3.88. The standard InChI is InChI=1S/C25H27FN2O6/c1-15-5-7-19(26)23(10-15)33-13-21(29)17-6-8-22-20(11-17)28(24(30)14-34-22)16(2)25(31)27-12-18-4-3-9-32-18/h5-8,10-11,16,18H,3-4,9,12-14H2,1-2H3,(H,27,31)/t16-,18+/m0/s1. The number of ether oxygens (including phenoxy) is 3. The zero-order chi connectivity index (χ0) is 24.2. The number of Topliss-reactive ketones (excluding diaryl/α,β-unsaturated/α-hetero) is 1. The Morgan fingerprint density at radius 2 is 2.09 bits per heavy atom. The van der Waals surface area contributed by atoms with Gasteiger partial charge in [0.1, 0.15) is 11.8 Å². The molecule has 0 aliphatic carbocycles. The summed E-state index contributed by atoms with van der Waals surface area (Å²) in [4.78, 5) is 39.5. The second-order valence-corrected chi connectivity index (χ2v) is 8.44. The van der Waals surface area contributed by atoms with Crippen LogP contribution in [-0.2, 0) is 14.3 Å². The van der Waals surface area contributed by atoms with Gasteiger partial charge in [-0.15, -0.1) is 0 Å². The molecule has 8 nitrogen and oxygen atoms in total. The number of nitrogens with zero attached hydrogens (tertiary/aromatic N) is 1. The maximum atomic E-state index is 13.9. The lowest BCUT2D eigenvalue weighted by molar-refractivity contribution is -0.127. The van der Waals surface area contributed by atoms with Gasteiger partial charge in [-0.05, 0) is 62.6 Å². The Morgan fingerprint density at radius 1 is 1.26 bits per heavy atom. The second kappa shape index (κ2) is 10.2. The van der Waals surface area contributed by atoms with Crippen LogP contribution in [0.5, 0.6) is 11.5 Å². The molecule has 0 aromatic heterocycles. The molecule has 1 fully saturated rings. The average Bonchev–Trinajstić information content (AvgIpc) is 3.35. The van der Waals surface area contributed by atoms with Crippen molar-refractivity contribution in [2.24, 2.45) is 0 Å². The van der Waals surface area contributed by atoms with Gasteiger partial charge in [-0.25, -0.2) is 4.39 Å². The fourth-order valence-electron chi connectivity index (χ4n) is 4.00. The van der Waals surface area contributed by atoms with Crippen molar-refractivity contribution in [2.75, 3.05) is 31.3 Å². The number of carbonyl (C=O) groups is 3. The topological polar surface area (TPSA) is 94.2 Å². The minimum absolute atomic E-state index is 0.0111. The lowest BCUT2D eigenvalue weighted by Gasteiger charge is -2.33. The molecular formula is C25H27FN2O6. The Hall–Kier alpha value is -3.46. The molecule has 1 saturated heterocycles. The van der Waals surface area contributed by atoms with Gasteiger partial charge >= 0.3 is 0 Å². The van der Waals surface area contributed by atoms with E-state index in [0.29, 0.717) is 24.6 Å². The first-order valence-electron chi connectivity index (χ1n) is 11.2. The van der Waals surface area contributed by atoms with E-state index in [1.807, 2.05) is 0 Å². The molecule has 2 amide bonds. The normalized spacial score (nSPS) is 18.1. The number of halogens is 1. The van der Waals surface area contributed by atoms with Crippen molar-refractivity contribution in [1.29, 1.82) is 0 Å². The number of amides is 2. The summed E-state index contributed by atoms with van der Waals surface area (Å²) >= 11 is 0. The van der Waals surface area contributed by atoms with E-state index in [4.69, 9.17) is 14.2 Å². The zero-order valence-corrected chi connectivity index (χ0v) is 19.1. The van der Waals surface area contributed by atoms with Gasteiger partial charge in [0.05, 0.1) is 11.8 Å². The van der Waals surface area contributed by atoms with E-state index in [0.717, 1.165) is 18.4 Å². The molecule has 0 saturated carbocycles. The van der Waals surface area contributed by atoms with Crippen molar-refractivity contribution in [3.63, 3.8) is 0 Å². The maximum absolute atomic E-state index is 13.9. The third kappa shape index (κ3) is 5.20. The van der Waals surface area contributed by atoms with Crippen molar-refractivity contribution in [1.82, 2.24) is 5.32 Å². The van der Waals surface area contributed by atoms with Crippen LogP contribution in [0.1, 0.15) is 35.7 Å². The first-order valence-corrected chi connectivity index (χ1v) is 11.2. The molecule has 2 aliphatic rings. The van der Waals surface area contributed by atoms with Crippen LogP contribution in [0, 0.1) is 12.7 Å². The molecule has 2 heterocycles. The van der Waals surface area contributed by atoms with Gasteiger partial charge in [-0.2, -0.15) is 0 Å². The van der Waals surface area contributed by atoms with Gasteiger partial charge in [-0.3, -0.25) is 19.3 Å². The molecule has 4 rings (SSSR count). The van der Waals surface area contributed by atoms with E-state index < -0.39 is 23.5 Å². The molecule has 2 aromatic carbocycles. The van der Waals surface area contributed by atoms with Crippen LogP contribution in [0.4, 0.5) is 10.1 Å². The van der Waals surface area contributed by atoms with Gasteiger partial charge in [0.2, 0.25) is 5.91 Å². The number of hydrogen-bond donors (Lipinski definition) is 1. The minimum Gasteiger partial charge on any atom is -0.482 e. The summed E-state index contributed by atoms with van der Waals surface area (Å²) in [6, 6.07) is 8.20. The highest BCUT2D eigenvalue weighted by Crippen LogP contribution is 2.34. The predicted molar refractivity (Wildman–Crippen MR) is 122 cm³/mol. The zero-order valence-electron chi connectivity index (χ0n) is 19.1. The molecule has 0 spiro atoms. The van der Waals surface area contributed by atoms with E-state index in [1.54, 1.807) is 32.0 Å². The summed E-state index contributed by atoms with van der Waals surface area (Å²) < 4.78 is 30.3. The fraction of sp³-hybridized carbons (Fsp3) is 0.400. The average molecular weight is 470 g/mol. The molecule has 0 radical (unpaired) electrons. The number of fused-ring (bicyclic) bond motifs is 1. The number of carbonyl (C=O) groups excluding carboxylic acids is 3. The highest BCUT2D eigenvalue weighted by atomic mass is 19.1. The molecule has 2 atom stereocenters. The van der Waals surface area contributed by atoms with E-state index >= 15 is 0 Å². The first-order chi connectivity index (χ1) is 16.3. The van der Waals surface area contributed by atoms with Crippen LogP contribution in [0.2, 0.25) is 0 Å². The smallest absolute Gasteiger partial charge is 0.265 e. The Labute approximate surface area is 197 Å². The summed E-state index contributed by atoms with van der Waals surface area (Å²) in [7, 11) is 0. The third-order valence-electron chi connectivity index (χ3n) is 5.90. The number of hydrogen-bond acceptors (Lipinski definition) is 6. The fourth-order valence-corrected chi connectivity index (χ4v) is 4.00. The van der Waals surface area contributed by atoms with Crippen LogP contribution in [0.15, 0.2) is 36.4 Å². The van der Waals surface area contributed by atoms with Gasteiger partial charge in [0.25, 0.3) is 5.91 Å². The van der Waals surface area contributed by atoms with Gasteiger partial charge in [0, 0.05) is 18.7 Å². The van der Waals surface area contributed by atoms with Crippen LogP contribution in [-0.4, -0.2) is 56.1 Å². The van der Waals surface area contributed by atoms with Gasteiger partial charge in [0.15, 0.2) is 30.6 Å². The third-order valence-corrected chi connectivity index (χ3v) is 5.90. The first kappa shape index (κ1) is 23.7. The quantitative estimate of drug-likeness (QED) is 0.597. The van der Waals surface area contributed by atoms with Gasteiger partial charge < -0.3 is 19.5 Å². The Kier molecular flexibility index (Phi) is 7.12. The Bertz CT molecular complexity index is 1100. The number of benzene rings is 2. The van der Waals surface area contributed by atoms with Crippen molar-refractivity contribution in [3.8, 4) is 11.5 Å². The Morgan fingerprint density at radius 3 is 2.85 bits per heavy atom. The lowest BCUT2D eigenvalue weighted by atomic mass is 10.1. The van der Waals surface area contributed by atoms with Crippen LogP contribution in [0.3, 0.4) is 0 Å². The number of aryl methyl sites for hydroxylation is 1. The largest absolute Gasteiger partial charge is 0.482 e. The molecule has 0 bridgehead atoms. The van der Waals surface area contributed by atoms with Crippen molar-refractivity contribution in [3.05, 3.63) is 53.3 Å². The molecule has 180 valence electrons. The summed E-state index contributed by atoms with van der Waals surface area (Å²) in [5.74, 6) is -1.31. The highest BCUT2D eigenvalue weighted by Gasteiger charge is 2.34. The van der Waals surface area contributed by atoms with Crippen LogP contribution < -0.4 is 19.7 Å². The summed E-state index contributed by atoms with van der Waals surface area (Å²) in [5, 5.41) is 2.84. The van der Waals surface area contributed by atoms with Crippen LogP contribution >= 0.6 is 0 Å². The van der Waals surface area contributed by atoms with E-state index in [9.17, 15) is 18.8 Å². The maximum Gasteiger partial charge on any atom is 0.265 e. The van der Waals surface area contributed by atoms with Crippen molar-refractivity contribution in [2.45, 2.75) is 38.8 Å². The molecular weight excluding hydrogens is 443 g/mol. The van der Waals surface area contributed by atoms with Crippen LogP contribution in [0.25, 0.3) is 0 Å². The molecule has 1 N–H and O–H groups in total. The van der Waals surface area contributed by atoms with E-state index in [-0.39, 0.29) is 36.5 Å². The molecule has 9 heteroatoms. The van der Waals surface area contributed by atoms with Gasteiger partial charge in [-0.1, -0.05) is 6.07 Å². The van der Waals surface area contributed by atoms with E-state index in [1.165, 1.54) is 23.1 Å². The molecule has 2 aromatic rings. The molecule has 2 aliphatic heterocycles. The predicted octanol–water partition coefficient (Wildman–Crippen LogP) is 2.80. The SMILES string of the molecule is Cc1ccc(F)c(OCC(=O)c2ccc3c(c2)N([C@@H](C)C(=O)NC[C@H]2CCCO2)C(=O)CO3)c1. The molecule has 34 heavy (non-hydrogen) atoms. The lowest BCUT2D eigenvalue weighted by Crippen LogP contribution is -2.52. The van der Waals surface area contributed by atoms with Crippen molar-refractivity contribution >= 4 is 23.3 Å². The number of anilines is 1. The van der Waals surface area contributed by atoms with Crippen molar-refractivity contribution < 1.29 is 33.0 Å². The summed E-state index contributed by atoms with van der Waals surface area (Å²) in [5.41, 5.74) is 1.38. The Balaban J connectivity index is 1.48. The number of ketones is 1. The number of nitrogens with one attached hydrogen (secondary N) is 1.